The molecule has 0 unspecified atom stereocenters. The molecular weight excluding hydrogens is 226 g/mol. The lowest BCUT2D eigenvalue weighted by atomic mass is 9.85. The SMILES string of the molecule is CNC(=O)[C@@H]1CCC[C@H](Nc2ccc(C)cn2)C1. The van der Waals surface area contributed by atoms with Gasteiger partial charge in [-0.25, -0.2) is 4.98 Å². The number of carbonyl (C=O) groups excluding carboxylic acids is 1. The number of hydrogen-bond acceptors (Lipinski definition) is 3. The topological polar surface area (TPSA) is 54.0 Å². The van der Waals surface area contributed by atoms with Crippen molar-refractivity contribution in [2.45, 2.75) is 38.6 Å². The van der Waals surface area contributed by atoms with Gasteiger partial charge in [-0.3, -0.25) is 4.79 Å². The van der Waals surface area contributed by atoms with E-state index in [1.165, 1.54) is 0 Å². The second kappa shape index (κ2) is 5.85. The summed E-state index contributed by atoms with van der Waals surface area (Å²) in [5.41, 5.74) is 1.16. The van der Waals surface area contributed by atoms with Crippen LogP contribution in [0.3, 0.4) is 0 Å². The molecule has 0 aliphatic heterocycles. The lowest BCUT2D eigenvalue weighted by Gasteiger charge is -2.29. The maximum atomic E-state index is 11.7. The van der Waals surface area contributed by atoms with Crippen LogP contribution in [0.4, 0.5) is 5.82 Å². The highest BCUT2D eigenvalue weighted by Crippen LogP contribution is 2.26. The summed E-state index contributed by atoms with van der Waals surface area (Å²) in [4.78, 5) is 16.0. The predicted molar refractivity (Wildman–Crippen MR) is 72.4 cm³/mol. The molecule has 4 heteroatoms. The van der Waals surface area contributed by atoms with Gasteiger partial charge in [0.1, 0.15) is 5.82 Å². The van der Waals surface area contributed by atoms with Gasteiger partial charge >= 0.3 is 0 Å². The highest BCUT2D eigenvalue weighted by atomic mass is 16.1. The van der Waals surface area contributed by atoms with Gasteiger partial charge in [0.2, 0.25) is 5.91 Å². The Bertz CT molecular complexity index is 402. The Morgan fingerprint density at radius 1 is 1.39 bits per heavy atom. The van der Waals surface area contributed by atoms with Crippen molar-refractivity contribution in [2.24, 2.45) is 5.92 Å². The molecule has 4 nitrogen and oxygen atoms in total. The van der Waals surface area contributed by atoms with Crippen LogP contribution in [-0.4, -0.2) is 24.0 Å². The van der Waals surface area contributed by atoms with Crippen LogP contribution in [-0.2, 0) is 4.79 Å². The third kappa shape index (κ3) is 3.22. The molecule has 1 amide bonds. The molecular formula is C14H21N3O. The molecule has 98 valence electrons. The molecule has 18 heavy (non-hydrogen) atoms. The fourth-order valence-electron chi connectivity index (χ4n) is 2.53. The van der Waals surface area contributed by atoms with Gasteiger partial charge in [-0.15, -0.1) is 0 Å². The summed E-state index contributed by atoms with van der Waals surface area (Å²) in [5, 5.41) is 6.17. The maximum Gasteiger partial charge on any atom is 0.222 e. The number of nitrogens with one attached hydrogen (secondary N) is 2. The molecule has 1 heterocycles. The Balaban J connectivity index is 1.93. The van der Waals surface area contributed by atoms with Crippen LogP contribution in [0.15, 0.2) is 18.3 Å². The van der Waals surface area contributed by atoms with E-state index < -0.39 is 0 Å². The Hall–Kier alpha value is -1.58. The number of pyridine rings is 1. The number of hydrogen-bond donors (Lipinski definition) is 2. The molecule has 1 saturated carbocycles. The molecule has 0 saturated heterocycles. The van der Waals surface area contributed by atoms with E-state index in [1.807, 2.05) is 25.3 Å². The maximum absolute atomic E-state index is 11.7. The zero-order valence-corrected chi connectivity index (χ0v) is 11.1. The average Bonchev–Trinajstić information content (AvgIpc) is 2.41. The van der Waals surface area contributed by atoms with Crippen molar-refractivity contribution in [3.8, 4) is 0 Å². The number of anilines is 1. The molecule has 0 radical (unpaired) electrons. The molecule has 1 aromatic rings. The largest absolute Gasteiger partial charge is 0.367 e. The molecule has 0 aromatic carbocycles. The van der Waals surface area contributed by atoms with Gasteiger partial charge < -0.3 is 10.6 Å². The van der Waals surface area contributed by atoms with Crippen molar-refractivity contribution in [1.29, 1.82) is 0 Å². The summed E-state index contributed by atoms with van der Waals surface area (Å²) in [6.07, 6.45) is 5.97. The average molecular weight is 247 g/mol. The van der Waals surface area contributed by atoms with E-state index in [2.05, 4.69) is 15.6 Å². The lowest BCUT2D eigenvalue weighted by Crippen LogP contribution is -2.35. The van der Waals surface area contributed by atoms with E-state index in [9.17, 15) is 4.79 Å². The Morgan fingerprint density at radius 3 is 2.89 bits per heavy atom. The van der Waals surface area contributed by atoms with Gasteiger partial charge in [-0.05, 0) is 37.8 Å². The molecule has 1 aliphatic carbocycles. The Labute approximate surface area is 108 Å². The van der Waals surface area contributed by atoms with Crippen LogP contribution in [0, 0.1) is 12.8 Å². The van der Waals surface area contributed by atoms with Crippen molar-refractivity contribution < 1.29 is 4.79 Å². The van der Waals surface area contributed by atoms with Gasteiger partial charge in [0.25, 0.3) is 0 Å². The summed E-state index contributed by atoms with van der Waals surface area (Å²) < 4.78 is 0. The number of rotatable bonds is 3. The van der Waals surface area contributed by atoms with Gasteiger partial charge in [0.05, 0.1) is 0 Å². The molecule has 2 atom stereocenters. The van der Waals surface area contributed by atoms with Crippen molar-refractivity contribution in [1.82, 2.24) is 10.3 Å². The number of aromatic nitrogens is 1. The molecule has 1 fully saturated rings. The smallest absolute Gasteiger partial charge is 0.222 e. The third-order valence-corrected chi connectivity index (χ3v) is 3.55. The first-order chi connectivity index (χ1) is 8.69. The van der Waals surface area contributed by atoms with Crippen molar-refractivity contribution in [3.05, 3.63) is 23.9 Å². The van der Waals surface area contributed by atoms with Crippen LogP contribution in [0.1, 0.15) is 31.2 Å². The standard InChI is InChI=1S/C14H21N3O/c1-10-6-7-13(16-9-10)17-12-5-3-4-11(8-12)14(18)15-2/h6-7,9,11-12H,3-5,8H2,1-2H3,(H,15,18)(H,16,17)/t11-,12+/m1/s1. The predicted octanol–water partition coefficient (Wildman–Crippen LogP) is 2.11. The number of amides is 1. The number of carbonyl (C=O) groups is 1. The van der Waals surface area contributed by atoms with E-state index in [4.69, 9.17) is 0 Å². The molecule has 2 rings (SSSR count). The first-order valence-corrected chi connectivity index (χ1v) is 6.60. The highest BCUT2D eigenvalue weighted by Gasteiger charge is 2.26. The first-order valence-electron chi connectivity index (χ1n) is 6.60. The monoisotopic (exact) mass is 247 g/mol. The molecule has 0 spiro atoms. The summed E-state index contributed by atoms with van der Waals surface area (Å²) in [7, 11) is 1.71. The second-order valence-corrected chi connectivity index (χ2v) is 5.04. The van der Waals surface area contributed by atoms with E-state index in [0.29, 0.717) is 6.04 Å². The minimum Gasteiger partial charge on any atom is -0.367 e. The van der Waals surface area contributed by atoms with Crippen molar-refractivity contribution in [2.75, 3.05) is 12.4 Å². The third-order valence-electron chi connectivity index (χ3n) is 3.55. The zero-order valence-electron chi connectivity index (χ0n) is 11.1. The zero-order chi connectivity index (χ0) is 13.0. The molecule has 1 aromatic heterocycles. The van der Waals surface area contributed by atoms with E-state index in [-0.39, 0.29) is 11.8 Å². The quantitative estimate of drug-likeness (QED) is 0.860. The van der Waals surface area contributed by atoms with Crippen molar-refractivity contribution in [3.63, 3.8) is 0 Å². The summed E-state index contributed by atoms with van der Waals surface area (Å²) in [6.45, 7) is 2.03. The normalized spacial score (nSPS) is 23.4. The number of nitrogens with zero attached hydrogens (tertiary/aromatic N) is 1. The van der Waals surface area contributed by atoms with Crippen molar-refractivity contribution >= 4 is 11.7 Å². The van der Waals surface area contributed by atoms with Gasteiger partial charge in [-0.1, -0.05) is 12.5 Å². The highest BCUT2D eigenvalue weighted by molar-refractivity contribution is 5.78. The number of aryl methyl sites for hydroxylation is 1. The summed E-state index contributed by atoms with van der Waals surface area (Å²) in [5.74, 6) is 1.22. The first kappa shape index (κ1) is 12.9. The summed E-state index contributed by atoms with van der Waals surface area (Å²) >= 11 is 0. The van der Waals surface area contributed by atoms with Crippen LogP contribution >= 0.6 is 0 Å². The minimum atomic E-state index is 0.145. The van der Waals surface area contributed by atoms with E-state index in [0.717, 1.165) is 37.1 Å². The molecule has 1 aliphatic rings. The van der Waals surface area contributed by atoms with Crippen LogP contribution < -0.4 is 10.6 Å². The van der Waals surface area contributed by atoms with Crippen LogP contribution in [0.2, 0.25) is 0 Å². The summed E-state index contributed by atoms with van der Waals surface area (Å²) in [6, 6.07) is 4.41. The van der Waals surface area contributed by atoms with Crippen LogP contribution in [0.25, 0.3) is 0 Å². The minimum absolute atomic E-state index is 0.145. The van der Waals surface area contributed by atoms with Crippen LogP contribution in [0.5, 0.6) is 0 Å². The Kier molecular flexibility index (Phi) is 4.18. The molecule has 0 bridgehead atoms. The fraction of sp³-hybridized carbons (Fsp3) is 0.571. The molecule has 2 N–H and O–H groups in total. The van der Waals surface area contributed by atoms with Gasteiger partial charge in [-0.2, -0.15) is 0 Å². The van der Waals surface area contributed by atoms with E-state index in [1.54, 1.807) is 7.05 Å². The van der Waals surface area contributed by atoms with Gasteiger partial charge in [0, 0.05) is 25.2 Å². The Morgan fingerprint density at radius 2 is 2.22 bits per heavy atom. The fourth-order valence-corrected chi connectivity index (χ4v) is 2.53. The van der Waals surface area contributed by atoms with E-state index >= 15 is 0 Å². The van der Waals surface area contributed by atoms with Gasteiger partial charge in [0.15, 0.2) is 0 Å². The lowest BCUT2D eigenvalue weighted by molar-refractivity contribution is -0.125. The second-order valence-electron chi connectivity index (χ2n) is 5.04.